The predicted molar refractivity (Wildman–Crippen MR) is 150 cm³/mol. The summed E-state index contributed by atoms with van der Waals surface area (Å²) in [5, 5.41) is 10.0. The Morgan fingerprint density at radius 3 is 1.63 bits per heavy atom. The first-order valence-corrected chi connectivity index (χ1v) is 15.1. The summed E-state index contributed by atoms with van der Waals surface area (Å²) in [6.07, 6.45) is 26.4. The molecule has 0 spiro atoms. The van der Waals surface area contributed by atoms with E-state index in [4.69, 9.17) is 4.74 Å². The van der Waals surface area contributed by atoms with Gasteiger partial charge in [0.05, 0.1) is 6.61 Å². The Morgan fingerprint density at radius 2 is 1.17 bits per heavy atom. The second-order valence-corrected chi connectivity index (χ2v) is 10.5. The van der Waals surface area contributed by atoms with Gasteiger partial charge in [-0.1, -0.05) is 135 Å². The third-order valence-electron chi connectivity index (χ3n) is 7.20. The molecule has 1 aromatic carbocycles. The highest BCUT2D eigenvalue weighted by Crippen LogP contribution is 2.25. The molecule has 0 atom stereocenters. The van der Waals surface area contributed by atoms with Crippen molar-refractivity contribution in [2.45, 2.75) is 156 Å². The molecular weight excluding hydrogens is 432 g/mol. The molecule has 3 nitrogen and oxygen atoms in total. The van der Waals surface area contributed by atoms with E-state index in [0.717, 1.165) is 36.0 Å². The number of aryl methyl sites for hydroxylation is 3. The van der Waals surface area contributed by atoms with Gasteiger partial charge in [0, 0.05) is 6.42 Å². The summed E-state index contributed by atoms with van der Waals surface area (Å²) in [6, 6.07) is 3.98. The molecule has 0 bridgehead atoms. The molecule has 0 saturated carbocycles. The Morgan fingerprint density at radius 1 is 0.714 bits per heavy atom. The van der Waals surface area contributed by atoms with Crippen LogP contribution in [0, 0.1) is 6.92 Å². The van der Waals surface area contributed by atoms with Crippen LogP contribution in [0.4, 0.5) is 0 Å². The Kier molecular flexibility index (Phi) is 19.6. The Bertz CT molecular complexity index is 652. The fraction of sp³-hybridized carbons (Fsp3) is 0.781. The SMILES string of the molecule is CCCCCCCCCCCCCCCCCCCCOC(=O)CCc1cc(C)c(O)c(CC)c1. The Hall–Kier alpha value is -1.51. The molecule has 0 radical (unpaired) electrons. The average molecular weight is 489 g/mol. The van der Waals surface area contributed by atoms with E-state index < -0.39 is 0 Å². The molecule has 0 saturated heterocycles. The molecule has 0 unspecified atom stereocenters. The number of phenolic OH excluding ortho intramolecular Hbond substituents is 1. The van der Waals surface area contributed by atoms with Crippen LogP contribution in [-0.4, -0.2) is 17.7 Å². The predicted octanol–water partition coefficient (Wildman–Crippen LogP) is 9.78. The fourth-order valence-electron chi connectivity index (χ4n) is 4.86. The first-order chi connectivity index (χ1) is 17.1. The maximum atomic E-state index is 12.0. The number of aromatic hydroxyl groups is 1. The molecule has 0 aliphatic heterocycles. The van der Waals surface area contributed by atoms with Crippen molar-refractivity contribution in [3.63, 3.8) is 0 Å². The number of hydrogen-bond donors (Lipinski definition) is 1. The number of unbranched alkanes of at least 4 members (excludes halogenated alkanes) is 17. The van der Waals surface area contributed by atoms with Crippen molar-refractivity contribution < 1.29 is 14.6 Å². The lowest BCUT2D eigenvalue weighted by Gasteiger charge is -2.10. The van der Waals surface area contributed by atoms with Gasteiger partial charge in [-0.25, -0.2) is 0 Å². The van der Waals surface area contributed by atoms with Crippen LogP contribution in [0.5, 0.6) is 5.75 Å². The molecule has 35 heavy (non-hydrogen) atoms. The summed E-state index contributed by atoms with van der Waals surface area (Å²) in [5.74, 6) is 0.272. The maximum Gasteiger partial charge on any atom is 0.306 e. The summed E-state index contributed by atoms with van der Waals surface area (Å²) in [6.45, 7) is 6.78. The molecule has 0 aliphatic rings. The summed E-state index contributed by atoms with van der Waals surface area (Å²) in [5.41, 5.74) is 2.93. The zero-order valence-corrected chi connectivity index (χ0v) is 23.5. The van der Waals surface area contributed by atoms with Crippen LogP contribution < -0.4 is 0 Å². The third kappa shape index (κ3) is 16.7. The fourth-order valence-corrected chi connectivity index (χ4v) is 4.86. The lowest BCUT2D eigenvalue weighted by molar-refractivity contribution is -0.143. The van der Waals surface area contributed by atoms with Crippen molar-refractivity contribution in [1.82, 2.24) is 0 Å². The van der Waals surface area contributed by atoms with Crippen molar-refractivity contribution in [2.75, 3.05) is 6.61 Å². The van der Waals surface area contributed by atoms with Crippen LogP contribution in [-0.2, 0) is 22.4 Å². The minimum absolute atomic E-state index is 0.110. The number of rotatable bonds is 23. The number of esters is 1. The molecule has 1 N–H and O–H groups in total. The quantitative estimate of drug-likeness (QED) is 0.123. The van der Waals surface area contributed by atoms with E-state index in [1.165, 1.54) is 103 Å². The zero-order chi connectivity index (χ0) is 25.6. The molecule has 1 rings (SSSR count). The largest absolute Gasteiger partial charge is 0.507 e. The van der Waals surface area contributed by atoms with Gasteiger partial charge in [0.1, 0.15) is 5.75 Å². The number of carbonyl (C=O) groups excluding carboxylic acids is 1. The zero-order valence-electron chi connectivity index (χ0n) is 23.5. The van der Waals surface area contributed by atoms with Crippen molar-refractivity contribution >= 4 is 5.97 Å². The summed E-state index contributed by atoms with van der Waals surface area (Å²) >= 11 is 0. The topological polar surface area (TPSA) is 46.5 Å². The second-order valence-electron chi connectivity index (χ2n) is 10.5. The second kappa shape index (κ2) is 21.7. The van der Waals surface area contributed by atoms with Crippen LogP contribution in [0.15, 0.2) is 12.1 Å². The summed E-state index contributed by atoms with van der Waals surface area (Å²) in [4.78, 5) is 12.0. The monoisotopic (exact) mass is 488 g/mol. The summed E-state index contributed by atoms with van der Waals surface area (Å²) in [7, 11) is 0. The number of hydrogen-bond acceptors (Lipinski definition) is 3. The molecule has 1 aromatic rings. The highest BCUT2D eigenvalue weighted by Gasteiger charge is 2.08. The molecular formula is C32H56O3. The van der Waals surface area contributed by atoms with E-state index in [1.807, 2.05) is 26.0 Å². The highest BCUT2D eigenvalue weighted by molar-refractivity contribution is 5.69. The van der Waals surface area contributed by atoms with Gasteiger partial charge in [-0.05, 0) is 42.9 Å². The molecule has 0 heterocycles. The van der Waals surface area contributed by atoms with Gasteiger partial charge in [-0.3, -0.25) is 4.79 Å². The minimum Gasteiger partial charge on any atom is -0.507 e. The molecule has 0 amide bonds. The van der Waals surface area contributed by atoms with Crippen molar-refractivity contribution in [2.24, 2.45) is 0 Å². The third-order valence-corrected chi connectivity index (χ3v) is 7.20. The lowest BCUT2D eigenvalue weighted by Crippen LogP contribution is -2.07. The summed E-state index contributed by atoms with van der Waals surface area (Å²) < 4.78 is 5.41. The van der Waals surface area contributed by atoms with Gasteiger partial charge in [0.15, 0.2) is 0 Å². The van der Waals surface area contributed by atoms with E-state index in [-0.39, 0.29) is 5.97 Å². The number of carbonyl (C=O) groups is 1. The average Bonchev–Trinajstić information content (AvgIpc) is 2.86. The number of benzene rings is 1. The van der Waals surface area contributed by atoms with Crippen LogP contribution in [0.25, 0.3) is 0 Å². The van der Waals surface area contributed by atoms with Gasteiger partial charge in [0.2, 0.25) is 0 Å². The van der Waals surface area contributed by atoms with E-state index in [1.54, 1.807) is 0 Å². The van der Waals surface area contributed by atoms with Crippen LogP contribution in [0.3, 0.4) is 0 Å². The highest BCUT2D eigenvalue weighted by atomic mass is 16.5. The van der Waals surface area contributed by atoms with Crippen LogP contribution in [0.1, 0.15) is 153 Å². The first kappa shape index (κ1) is 31.5. The van der Waals surface area contributed by atoms with E-state index in [2.05, 4.69) is 6.92 Å². The van der Waals surface area contributed by atoms with Gasteiger partial charge in [-0.15, -0.1) is 0 Å². The first-order valence-electron chi connectivity index (χ1n) is 15.1. The molecule has 202 valence electrons. The van der Waals surface area contributed by atoms with Crippen molar-refractivity contribution in [3.05, 3.63) is 28.8 Å². The molecule has 0 fully saturated rings. The van der Waals surface area contributed by atoms with Crippen LogP contribution >= 0.6 is 0 Å². The van der Waals surface area contributed by atoms with Crippen molar-refractivity contribution in [1.29, 1.82) is 0 Å². The van der Waals surface area contributed by atoms with E-state index in [9.17, 15) is 9.90 Å². The van der Waals surface area contributed by atoms with Crippen molar-refractivity contribution in [3.8, 4) is 5.75 Å². The maximum absolute atomic E-state index is 12.0. The number of phenols is 1. The molecule has 3 heteroatoms. The number of ether oxygens (including phenoxy) is 1. The molecule has 0 aromatic heterocycles. The van der Waals surface area contributed by atoms with Gasteiger partial charge in [0.25, 0.3) is 0 Å². The van der Waals surface area contributed by atoms with Gasteiger partial charge >= 0.3 is 5.97 Å². The molecule has 0 aliphatic carbocycles. The minimum atomic E-state index is -0.110. The van der Waals surface area contributed by atoms with Crippen LogP contribution in [0.2, 0.25) is 0 Å². The smallest absolute Gasteiger partial charge is 0.306 e. The van der Waals surface area contributed by atoms with E-state index in [0.29, 0.717) is 25.2 Å². The van der Waals surface area contributed by atoms with Gasteiger partial charge < -0.3 is 9.84 Å². The lowest BCUT2D eigenvalue weighted by atomic mass is 10.0. The van der Waals surface area contributed by atoms with E-state index >= 15 is 0 Å². The standard InChI is InChI=1S/C32H56O3/c1-4-6-7-8-9-10-11-12-13-14-15-16-17-18-19-20-21-22-25-35-31(33)24-23-29-26-28(3)32(34)30(5-2)27-29/h26-27,34H,4-25H2,1-3H3. The Labute approximate surface area is 217 Å². The Balaban J connectivity index is 1.85. The normalized spacial score (nSPS) is 11.2. The van der Waals surface area contributed by atoms with Gasteiger partial charge in [-0.2, -0.15) is 0 Å².